The second kappa shape index (κ2) is 4.92. The van der Waals surface area contributed by atoms with Gasteiger partial charge in [0.05, 0.1) is 6.26 Å². The molecule has 1 aromatic carbocycles. The summed E-state index contributed by atoms with van der Waals surface area (Å²) in [5.74, 6) is 1.71. The third-order valence-corrected chi connectivity index (χ3v) is 3.26. The highest BCUT2D eigenvalue weighted by Crippen LogP contribution is 2.32. The van der Waals surface area contributed by atoms with Gasteiger partial charge in [-0.15, -0.1) is 0 Å². The summed E-state index contributed by atoms with van der Waals surface area (Å²) < 4.78 is 15.8. The van der Waals surface area contributed by atoms with Gasteiger partial charge in [0.15, 0.2) is 17.3 Å². The van der Waals surface area contributed by atoms with Crippen molar-refractivity contribution in [2.45, 2.75) is 13.5 Å². The zero-order chi connectivity index (χ0) is 14.1. The highest BCUT2D eigenvalue weighted by Gasteiger charge is 2.19. The quantitative estimate of drug-likeness (QED) is 0.862. The number of hydrogen-bond acceptors (Lipinski definition) is 4. The zero-order valence-electron chi connectivity index (χ0n) is 11.4. The molecule has 104 valence electrons. The number of aryl methyl sites for hydroxylation is 1. The monoisotopic (exact) mass is 273 g/mol. The lowest BCUT2D eigenvalue weighted by molar-refractivity contribution is 0.0752. The van der Waals surface area contributed by atoms with Crippen LogP contribution in [0.25, 0.3) is 0 Å². The maximum absolute atomic E-state index is 12.2. The van der Waals surface area contributed by atoms with E-state index in [0.717, 1.165) is 22.6 Å². The van der Waals surface area contributed by atoms with E-state index in [1.165, 1.54) is 6.26 Å². The Morgan fingerprint density at radius 1 is 1.25 bits per heavy atom. The Bertz CT molecular complexity index is 647. The van der Waals surface area contributed by atoms with Gasteiger partial charge in [0.25, 0.3) is 5.91 Å². The molecule has 1 aliphatic heterocycles. The molecule has 1 aromatic heterocycles. The molecule has 0 bridgehead atoms. The third-order valence-electron chi connectivity index (χ3n) is 3.26. The molecule has 0 aliphatic carbocycles. The van der Waals surface area contributed by atoms with E-state index in [4.69, 9.17) is 13.9 Å². The highest BCUT2D eigenvalue weighted by atomic mass is 16.7. The standard InChI is InChI=1S/C15H15NO4/c1-10-5-6-18-14(10)15(17)16(2)8-11-3-4-12-13(7-11)20-9-19-12/h3-7H,8-9H2,1-2H3. The number of furan rings is 1. The van der Waals surface area contributed by atoms with E-state index >= 15 is 0 Å². The van der Waals surface area contributed by atoms with Crippen molar-refractivity contribution in [3.63, 3.8) is 0 Å². The van der Waals surface area contributed by atoms with Crippen molar-refractivity contribution in [3.8, 4) is 11.5 Å². The summed E-state index contributed by atoms with van der Waals surface area (Å²) >= 11 is 0. The van der Waals surface area contributed by atoms with Crippen molar-refractivity contribution in [1.29, 1.82) is 0 Å². The smallest absolute Gasteiger partial charge is 0.289 e. The second-order valence-electron chi connectivity index (χ2n) is 4.78. The van der Waals surface area contributed by atoms with Crippen molar-refractivity contribution in [3.05, 3.63) is 47.4 Å². The van der Waals surface area contributed by atoms with Crippen LogP contribution in [0.3, 0.4) is 0 Å². The summed E-state index contributed by atoms with van der Waals surface area (Å²) in [6, 6.07) is 7.45. The van der Waals surface area contributed by atoms with E-state index in [1.54, 1.807) is 18.0 Å². The van der Waals surface area contributed by atoms with Gasteiger partial charge in [0.2, 0.25) is 6.79 Å². The van der Waals surface area contributed by atoms with Gasteiger partial charge in [-0.25, -0.2) is 0 Å². The van der Waals surface area contributed by atoms with Gasteiger partial charge >= 0.3 is 0 Å². The molecule has 5 heteroatoms. The van der Waals surface area contributed by atoms with Crippen molar-refractivity contribution >= 4 is 5.91 Å². The van der Waals surface area contributed by atoms with Crippen LogP contribution in [-0.2, 0) is 6.54 Å². The maximum atomic E-state index is 12.2. The minimum absolute atomic E-state index is 0.134. The van der Waals surface area contributed by atoms with Gasteiger partial charge < -0.3 is 18.8 Å². The lowest BCUT2D eigenvalue weighted by atomic mass is 10.2. The summed E-state index contributed by atoms with van der Waals surface area (Å²) in [4.78, 5) is 13.9. The molecular formula is C15H15NO4. The first kappa shape index (κ1) is 12.6. The van der Waals surface area contributed by atoms with E-state index in [-0.39, 0.29) is 12.7 Å². The molecule has 2 aromatic rings. The second-order valence-corrected chi connectivity index (χ2v) is 4.78. The van der Waals surface area contributed by atoms with Crippen LogP contribution in [0, 0.1) is 6.92 Å². The fraction of sp³-hybridized carbons (Fsp3) is 0.267. The molecule has 0 saturated heterocycles. The van der Waals surface area contributed by atoms with Crippen LogP contribution in [0.5, 0.6) is 11.5 Å². The van der Waals surface area contributed by atoms with E-state index in [2.05, 4.69) is 0 Å². The Morgan fingerprint density at radius 3 is 2.80 bits per heavy atom. The molecule has 0 atom stereocenters. The predicted octanol–water partition coefficient (Wildman–Crippen LogP) is 2.59. The van der Waals surface area contributed by atoms with Gasteiger partial charge in [-0.1, -0.05) is 6.07 Å². The number of amides is 1. The minimum atomic E-state index is -0.134. The average molecular weight is 273 g/mol. The molecule has 0 fully saturated rings. The van der Waals surface area contributed by atoms with E-state index < -0.39 is 0 Å². The number of fused-ring (bicyclic) bond motifs is 1. The van der Waals surface area contributed by atoms with Crippen LogP contribution in [0.2, 0.25) is 0 Å². The largest absolute Gasteiger partial charge is 0.459 e. The Hall–Kier alpha value is -2.43. The van der Waals surface area contributed by atoms with E-state index in [1.807, 2.05) is 25.1 Å². The van der Waals surface area contributed by atoms with Gasteiger partial charge in [-0.3, -0.25) is 4.79 Å². The summed E-state index contributed by atoms with van der Waals surface area (Å²) in [5.41, 5.74) is 1.82. The van der Waals surface area contributed by atoms with Crippen molar-refractivity contribution in [2.75, 3.05) is 13.8 Å². The Labute approximate surface area is 116 Å². The Morgan fingerprint density at radius 2 is 2.05 bits per heavy atom. The first-order valence-corrected chi connectivity index (χ1v) is 6.33. The molecule has 2 heterocycles. The number of rotatable bonds is 3. The molecule has 1 amide bonds. The molecule has 0 radical (unpaired) electrons. The molecule has 3 rings (SSSR count). The van der Waals surface area contributed by atoms with Crippen LogP contribution in [0.4, 0.5) is 0 Å². The Kier molecular flexibility index (Phi) is 3.10. The lowest BCUT2D eigenvalue weighted by Gasteiger charge is -2.16. The zero-order valence-corrected chi connectivity index (χ0v) is 11.4. The van der Waals surface area contributed by atoms with E-state index in [0.29, 0.717) is 12.3 Å². The SMILES string of the molecule is Cc1ccoc1C(=O)N(C)Cc1ccc2c(c1)OCO2. The molecule has 0 saturated carbocycles. The average Bonchev–Trinajstić information content (AvgIpc) is 3.05. The van der Waals surface area contributed by atoms with Crippen LogP contribution in [0.1, 0.15) is 21.7 Å². The summed E-state index contributed by atoms with van der Waals surface area (Å²) in [7, 11) is 1.74. The minimum Gasteiger partial charge on any atom is -0.459 e. The van der Waals surface area contributed by atoms with Crippen LogP contribution < -0.4 is 9.47 Å². The number of ether oxygens (including phenoxy) is 2. The lowest BCUT2D eigenvalue weighted by Crippen LogP contribution is -2.26. The number of carbonyl (C=O) groups excluding carboxylic acids is 1. The molecule has 0 unspecified atom stereocenters. The summed E-state index contributed by atoms with van der Waals surface area (Å²) in [5, 5.41) is 0. The van der Waals surface area contributed by atoms with Crippen molar-refractivity contribution in [2.24, 2.45) is 0 Å². The number of nitrogens with zero attached hydrogens (tertiary/aromatic N) is 1. The number of carbonyl (C=O) groups is 1. The van der Waals surface area contributed by atoms with Crippen molar-refractivity contribution < 1.29 is 18.7 Å². The fourth-order valence-corrected chi connectivity index (χ4v) is 2.15. The first-order chi connectivity index (χ1) is 9.65. The van der Waals surface area contributed by atoms with Crippen LogP contribution >= 0.6 is 0 Å². The maximum Gasteiger partial charge on any atom is 0.289 e. The molecule has 1 aliphatic rings. The van der Waals surface area contributed by atoms with E-state index in [9.17, 15) is 4.79 Å². The molecular weight excluding hydrogens is 258 g/mol. The first-order valence-electron chi connectivity index (χ1n) is 6.33. The normalized spacial score (nSPS) is 12.5. The molecule has 5 nitrogen and oxygen atoms in total. The van der Waals surface area contributed by atoms with Crippen molar-refractivity contribution in [1.82, 2.24) is 4.90 Å². The predicted molar refractivity (Wildman–Crippen MR) is 71.8 cm³/mol. The Balaban J connectivity index is 1.74. The van der Waals surface area contributed by atoms with Crippen LogP contribution in [-0.4, -0.2) is 24.6 Å². The van der Waals surface area contributed by atoms with Gasteiger partial charge in [-0.2, -0.15) is 0 Å². The number of benzene rings is 1. The number of hydrogen-bond donors (Lipinski definition) is 0. The summed E-state index contributed by atoms with van der Waals surface area (Å²) in [6.07, 6.45) is 1.52. The molecule has 20 heavy (non-hydrogen) atoms. The molecule has 0 N–H and O–H groups in total. The fourth-order valence-electron chi connectivity index (χ4n) is 2.15. The van der Waals surface area contributed by atoms with Gasteiger partial charge in [-0.05, 0) is 30.7 Å². The third kappa shape index (κ3) is 2.22. The summed E-state index contributed by atoms with van der Waals surface area (Å²) in [6.45, 7) is 2.58. The van der Waals surface area contributed by atoms with Gasteiger partial charge in [0.1, 0.15) is 0 Å². The van der Waals surface area contributed by atoms with Gasteiger partial charge in [0, 0.05) is 19.2 Å². The topological polar surface area (TPSA) is 51.9 Å². The molecule has 0 spiro atoms. The highest BCUT2D eigenvalue weighted by molar-refractivity contribution is 5.92. The van der Waals surface area contributed by atoms with Crippen LogP contribution in [0.15, 0.2) is 34.9 Å².